The molecule has 0 aliphatic rings. The summed E-state index contributed by atoms with van der Waals surface area (Å²) in [6.45, 7) is 1.76. The van der Waals surface area contributed by atoms with E-state index in [9.17, 15) is 4.79 Å². The second-order valence-electron chi connectivity index (χ2n) is 2.62. The van der Waals surface area contributed by atoms with Gasteiger partial charge in [-0.2, -0.15) is 0 Å². The van der Waals surface area contributed by atoms with Gasteiger partial charge in [0.05, 0.1) is 14.2 Å². The van der Waals surface area contributed by atoms with Crippen molar-refractivity contribution < 1.29 is 14.3 Å². The maximum Gasteiger partial charge on any atom is 0.344 e. The number of carbonyl (C=O) groups excluding carboxylic acids is 1. The number of aromatic nitrogens is 1. The number of pyridine rings is 1. The van der Waals surface area contributed by atoms with E-state index in [-0.39, 0.29) is 10.7 Å². The van der Waals surface area contributed by atoms with Crippen LogP contribution in [0, 0.1) is 6.92 Å². The van der Waals surface area contributed by atoms with E-state index >= 15 is 0 Å². The Bertz CT molecular complexity index is 365. The number of aryl methyl sites for hydroxylation is 1. The highest BCUT2D eigenvalue weighted by atomic mass is 35.5. The number of ether oxygens (including phenoxy) is 2. The van der Waals surface area contributed by atoms with Gasteiger partial charge < -0.3 is 9.47 Å². The molecule has 1 rings (SSSR count). The van der Waals surface area contributed by atoms with Crippen molar-refractivity contribution in [1.82, 2.24) is 4.98 Å². The molecule has 1 aromatic heterocycles. The third-order valence-electron chi connectivity index (χ3n) is 1.68. The van der Waals surface area contributed by atoms with E-state index in [0.717, 1.165) is 0 Å². The first-order valence-corrected chi connectivity index (χ1v) is 4.27. The molecule has 0 atom stereocenters. The van der Waals surface area contributed by atoms with Crippen LogP contribution in [-0.2, 0) is 4.74 Å². The van der Waals surface area contributed by atoms with Gasteiger partial charge in [-0.25, -0.2) is 9.78 Å². The molecule has 1 heterocycles. The van der Waals surface area contributed by atoms with Crippen molar-refractivity contribution in [3.63, 3.8) is 0 Å². The van der Waals surface area contributed by atoms with Crippen molar-refractivity contribution in [3.8, 4) is 5.75 Å². The van der Waals surface area contributed by atoms with E-state index in [1.165, 1.54) is 14.2 Å². The zero-order chi connectivity index (χ0) is 10.7. The average Bonchev–Trinajstić information content (AvgIpc) is 2.15. The highest BCUT2D eigenvalue weighted by molar-refractivity contribution is 6.32. The Morgan fingerprint density at radius 2 is 2.14 bits per heavy atom. The van der Waals surface area contributed by atoms with Crippen LogP contribution in [0.5, 0.6) is 5.75 Å². The molecule has 76 valence electrons. The number of hydrogen-bond acceptors (Lipinski definition) is 4. The molecular weight excluding hydrogens is 206 g/mol. The summed E-state index contributed by atoms with van der Waals surface area (Å²) >= 11 is 5.80. The van der Waals surface area contributed by atoms with Crippen molar-refractivity contribution in [2.75, 3.05) is 14.2 Å². The van der Waals surface area contributed by atoms with Crippen LogP contribution in [0.4, 0.5) is 0 Å². The van der Waals surface area contributed by atoms with Crippen molar-refractivity contribution in [2.24, 2.45) is 0 Å². The molecule has 0 N–H and O–H groups in total. The van der Waals surface area contributed by atoms with E-state index in [4.69, 9.17) is 16.3 Å². The third kappa shape index (κ3) is 1.96. The summed E-state index contributed by atoms with van der Waals surface area (Å²) in [5.74, 6) is -0.186. The molecule has 0 saturated carbocycles. The average molecular weight is 216 g/mol. The highest BCUT2D eigenvalue weighted by Gasteiger charge is 2.18. The molecule has 1 aromatic rings. The number of methoxy groups -OCH3 is 2. The standard InChI is InChI=1S/C9H10ClNO3/c1-5-4-6(13-2)7(8(10)11-5)9(12)14-3/h4H,1-3H3. The van der Waals surface area contributed by atoms with Crippen LogP contribution in [0.25, 0.3) is 0 Å². The monoisotopic (exact) mass is 215 g/mol. The third-order valence-corrected chi connectivity index (χ3v) is 1.95. The van der Waals surface area contributed by atoms with Crippen LogP contribution in [-0.4, -0.2) is 25.2 Å². The van der Waals surface area contributed by atoms with E-state index < -0.39 is 5.97 Å². The molecular formula is C9H10ClNO3. The van der Waals surface area contributed by atoms with Gasteiger partial charge in [0.15, 0.2) is 0 Å². The van der Waals surface area contributed by atoms with Gasteiger partial charge in [0.2, 0.25) is 0 Å². The summed E-state index contributed by atoms with van der Waals surface area (Å²) in [7, 11) is 2.73. The van der Waals surface area contributed by atoms with E-state index in [1.807, 2.05) is 0 Å². The Morgan fingerprint density at radius 1 is 1.50 bits per heavy atom. The summed E-state index contributed by atoms with van der Waals surface area (Å²) in [6, 6.07) is 1.62. The van der Waals surface area contributed by atoms with E-state index in [1.54, 1.807) is 13.0 Å². The van der Waals surface area contributed by atoms with Crippen LogP contribution in [0.15, 0.2) is 6.07 Å². The Balaban J connectivity index is 3.32. The fourth-order valence-corrected chi connectivity index (χ4v) is 1.36. The van der Waals surface area contributed by atoms with Gasteiger partial charge in [-0.1, -0.05) is 11.6 Å². The van der Waals surface area contributed by atoms with Gasteiger partial charge >= 0.3 is 5.97 Å². The number of nitrogens with zero attached hydrogens (tertiary/aromatic N) is 1. The Labute approximate surface area is 86.8 Å². The Kier molecular flexibility index (Phi) is 3.30. The minimum atomic E-state index is -0.556. The Hall–Kier alpha value is -1.29. The second kappa shape index (κ2) is 4.28. The van der Waals surface area contributed by atoms with Gasteiger partial charge in [0.25, 0.3) is 0 Å². The normalized spacial score (nSPS) is 9.71. The molecule has 4 nitrogen and oxygen atoms in total. The lowest BCUT2D eigenvalue weighted by Crippen LogP contribution is -2.06. The van der Waals surface area contributed by atoms with Crippen LogP contribution >= 0.6 is 11.6 Å². The molecule has 0 unspecified atom stereocenters. The number of rotatable bonds is 2. The van der Waals surface area contributed by atoms with Gasteiger partial charge in [-0.15, -0.1) is 0 Å². The molecule has 0 bridgehead atoms. The zero-order valence-electron chi connectivity index (χ0n) is 8.13. The summed E-state index contributed by atoms with van der Waals surface area (Å²) in [6.07, 6.45) is 0. The lowest BCUT2D eigenvalue weighted by Gasteiger charge is -2.08. The van der Waals surface area contributed by atoms with Crippen LogP contribution in [0.1, 0.15) is 16.1 Å². The number of carbonyl (C=O) groups is 1. The summed E-state index contributed by atoms with van der Waals surface area (Å²) in [5.41, 5.74) is 0.835. The van der Waals surface area contributed by atoms with E-state index in [2.05, 4.69) is 9.72 Å². The number of hydrogen-bond donors (Lipinski definition) is 0. The van der Waals surface area contributed by atoms with Crippen LogP contribution < -0.4 is 4.74 Å². The summed E-state index contributed by atoms with van der Waals surface area (Å²) in [5, 5.41) is 0.0914. The molecule has 0 saturated heterocycles. The van der Waals surface area contributed by atoms with Gasteiger partial charge in [-0.3, -0.25) is 0 Å². The van der Waals surface area contributed by atoms with Crippen molar-refractivity contribution in [1.29, 1.82) is 0 Å². The fraction of sp³-hybridized carbons (Fsp3) is 0.333. The lowest BCUT2D eigenvalue weighted by atomic mass is 10.2. The van der Waals surface area contributed by atoms with Crippen LogP contribution in [0.3, 0.4) is 0 Å². The molecule has 0 aromatic carbocycles. The predicted molar refractivity (Wildman–Crippen MR) is 51.9 cm³/mol. The largest absolute Gasteiger partial charge is 0.496 e. The lowest BCUT2D eigenvalue weighted by molar-refractivity contribution is 0.0597. The molecule has 5 heteroatoms. The minimum Gasteiger partial charge on any atom is -0.496 e. The molecule has 0 spiro atoms. The van der Waals surface area contributed by atoms with Crippen molar-refractivity contribution in [3.05, 3.63) is 22.5 Å². The zero-order valence-corrected chi connectivity index (χ0v) is 8.88. The minimum absolute atomic E-state index is 0.0914. The maximum atomic E-state index is 11.3. The first-order chi connectivity index (χ1) is 6.60. The summed E-state index contributed by atoms with van der Waals surface area (Å²) in [4.78, 5) is 15.2. The van der Waals surface area contributed by atoms with Gasteiger partial charge in [0.1, 0.15) is 16.5 Å². The maximum absolute atomic E-state index is 11.3. The Morgan fingerprint density at radius 3 is 2.64 bits per heavy atom. The molecule has 0 aliphatic carbocycles. The molecule has 0 amide bonds. The fourth-order valence-electron chi connectivity index (χ4n) is 1.05. The first-order valence-electron chi connectivity index (χ1n) is 3.89. The van der Waals surface area contributed by atoms with Crippen molar-refractivity contribution in [2.45, 2.75) is 6.92 Å². The number of esters is 1. The van der Waals surface area contributed by atoms with E-state index in [0.29, 0.717) is 11.4 Å². The van der Waals surface area contributed by atoms with Crippen LogP contribution in [0.2, 0.25) is 5.15 Å². The van der Waals surface area contributed by atoms with Gasteiger partial charge in [0, 0.05) is 11.8 Å². The second-order valence-corrected chi connectivity index (χ2v) is 2.98. The highest BCUT2D eigenvalue weighted by Crippen LogP contribution is 2.26. The molecule has 0 radical (unpaired) electrons. The molecule has 0 fully saturated rings. The molecule has 14 heavy (non-hydrogen) atoms. The first kappa shape index (κ1) is 10.8. The van der Waals surface area contributed by atoms with Crippen molar-refractivity contribution >= 4 is 17.6 Å². The molecule has 0 aliphatic heterocycles. The quantitative estimate of drug-likeness (QED) is 0.558. The summed E-state index contributed by atoms with van der Waals surface area (Å²) < 4.78 is 9.56. The smallest absolute Gasteiger partial charge is 0.344 e. The predicted octanol–water partition coefficient (Wildman–Crippen LogP) is 1.84. The SMILES string of the molecule is COC(=O)c1c(OC)cc(C)nc1Cl. The van der Waals surface area contributed by atoms with Gasteiger partial charge in [-0.05, 0) is 6.92 Å². The number of halogens is 1. The topological polar surface area (TPSA) is 48.4 Å².